The molecule has 0 aliphatic carbocycles. The van der Waals surface area contributed by atoms with Gasteiger partial charge in [-0.3, -0.25) is 28.2 Å². The van der Waals surface area contributed by atoms with Gasteiger partial charge >= 0.3 is 0 Å². The second-order valence-corrected chi connectivity index (χ2v) is 4.64. The van der Waals surface area contributed by atoms with Gasteiger partial charge in [0.15, 0.2) is 0 Å². The normalized spacial score (nSPS) is 11.1. The van der Waals surface area contributed by atoms with Crippen LogP contribution in [0.1, 0.15) is 11.1 Å². The van der Waals surface area contributed by atoms with E-state index in [1.807, 2.05) is 0 Å². The van der Waals surface area contributed by atoms with E-state index in [1.165, 1.54) is 46.0 Å². The fourth-order valence-corrected chi connectivity index (χ4v) is 2.30. The Morgan fingerprint density at radius 2 is 1.09 bits per heavy atom. The van der Waals surface area contributed by atoms with E-state index in [2.05, 4.69) is 11.8 Å². The standard InChI is InChI=1S/C14H6N4O4/c19-11-3-5-15-7-9(13(21)17(11)15)1-2-10-8-16-6-4-12(20)18(16)14(10)22/h3-8H. The predicted octanol–water partition coefficient (Wildman–Crippen LogP) is -1.89. The van der Waals surface area contributed by atoms with Crippen LogP contribution in [-0.2, 0) is 0 Å². The van der Waals surface area contributed by atoms with Crippen LogP contribution in [0, 0.1) is 11.8 Å². The number of hydrogen-bond acceptors (Lipinski definition) is 4. The predicted molar refractivity (Wildman–Crippen MR) is 75.1 cm³/mol. The zero-order chi connectivity index (χ0) is 15.4. The minimum absolute atomic E-state index is 0.0929. The Hall–Kier alpha value is -3.60. The molecule has 4 rings (SSSR count). The molecule has 8 nitrogen and oxygen atoms in total. The number of rotatable bonds is 0. The lowest BCUT2D eigenvalue weighted by atomic mass is 10.3. The molecule has 0 N–H and O–H groups in total. The number of nitrogens with zero attached hydrogens (tertiary/aromatic N) is 4. The molecular weight excluding hydrogens is 288 g/mol. The first kappa shape index (κ1) is 12.2. The fraction of sp³-hybridized carbons (Fsp3) is 0. The molecular formula is C14H6N4O4. The molecule has 0 saturated heterocycles. The Morgan fingerprint density at radius 3 is 1.45 bits per heavy atom. The molecule has 0 aromatic carbocycles. The molecule has 106 valence electrons. The van der Waals surface area contributed by atoms with Crippen molar-refractivity contribution < 1.29 is 0 Å². The van der Waals surface area contributed by atoms with Gasteiger partial charge in [-0.15, -0.1) is 0 Å². The van der Waals surface area contributed by atoms with Crippen LogP contribution in [0.25, 0.3) is 0 Å². The summed E-state index contributed by atoms with van der Waals surface area (Å²) in [6, 6.07) is 2.53. The summed E-state index contributed by atoms with van der Waals surface area (Å²) in [7, 11) is 0. The third-order valence-corrected chi connectivity index (χ3v) is 3.32. The lowest BCUT2D eigenvalue weighted by Gasteiger charge is -1.78. The van der Waals surface area contributed by atoms with Gasteiger partial charge in [-0.25, -0.2) is 0 Å². The van der Waals surface area contributed by atoms with Gasteiger partial charge in [-0.1, -0.05) is 11.8 Å². The van der Waals surface area contributed by atoms with E-state index in [-0.39, 0.29) is 11.1 Å². The van der Waals surface area contributed by atoms with Crippen molar-refractivity contribution in [3.8, 4) is 11.8 Å². The van der Waals surface area contributed by atoms with Crippen molar-refractivity contribution in [3.63, 3.8) is 0 Å². The highest BCUT2D eigenvalue weighted by Crippen LogP contribution is 1.93. The zero-order valence-corrected chi connectivity index (χ0v) is 10.9. The third kappa shape index (κ3) is 1.47. The molecule has 0 radical (unpaired) electrons. The number of fused-ring (bicyclic) bond motifs is 2. The fourth-order valence-electron chi connectivity index (χ4n) is 2.30. The Morgan fingerprint density at radius 1 is 0.682 bits per heavy atom. The molecule has 4 aromatic heterocycles. The van der Waals surface area contributed by atoms with Crippen LogP contribution in [0.2, 0.25) is 0 Å². The van der Waals surface area contributed by atoms with Crippen molar-refractivity contribution in [1.82, 2.24) is 18.1 Å². The summed E-state index contributed by atoms with van der Waals surface area (Å²) < 4.78 is 4.52. The Labute approximate surface area is 120 Å². The SMILES string of the molecule is O=c1ccn2cc(C#Cc3cn4ccc(=O)n4c3=O)c(=O)n12. The van der Waals surface area contributed by atoms with E-state index in [4.69, 9.17) is 0 Å². The van der Waals surface area contributed by atoms with Crippen molar-refractivity contribution in [1.29, 1.82) is 0 Å². The van der Waals surface area contributed by atoms with Gasteiger partial charge in [0.1, 0.15) is 11.1 Å². The van der Waals surface area contributed by atoms with Crippen molar-refractivity contribution in [2.75, 3.05) is 0 Å². The Balaban J connectivity index is 1.90. The maximum atomic E-state index is 12.0. The van der Waals surface area contributed by atoms with Crippen LogP contribution in [0.3, 0.4) is 0 Å². The van der Waals surface area contributed by atoms with Crippen LogP contribution < -0.4 is 22.2 Å². The monoisotopic (exact) mass is 294 g/mol. The summed E-state index contributed by atoms with van der Waals surface area (Å²) in [5, 5.41) is 0. The van der Waals surface area contributed by atoms with Crippen LogP contribution in [0.5, 0.6) is 0 Å². The molecule has 0 bridgehead atoms. The minimum Gasteiger partial charge on any atom is -0.267 e. The smallest absolute Gasteiger partial charge is 0.267 e. The van der Waals surface area contributed by atoms with Gasteiger partial charge in [-0.2, -0.15) is 9.03 Å². The Bertz CT molecular complexity index is 1210. The van der Waals surface area contributed by atoms with E-state index >= 15 is 0 Å². The van der Waals surface area contributed by atoms with Gasteiger partial charge < -0.3 is 0 Å². The van der Waals surface area contributed by atoms with Crippen LogP contribution in [0.4, 0.5) is 0 Å². The molecule has 0 aliphatic rings. The van der Waals surface area contributed by atoms with Crippen molar-refractivity contribution in [2.24, 2.45) is 0 Å². The van der Waals surface area contributed by atoms with Gasteiger partial charge in [0.25, 0.3) is 22.2 Å². The van der Waals surface area contributed by atoms with E-state index in [9.17, 15) is 19.2 Å². The molecule has 22 heavy (non-hydrogen) atoms. The summed E-state index contributed by atoms with van der Waals surface area (Å²) in [5.41, 5.74) is -1.81. The topological polar surface area (TPSA) is 85.9 Å². The van der Waals surface area contributed by atoms with Crippen LogP contribution in [-0.4, -0.2) is 18.1 Å². The number of hydrogen-bond donors (Lipinski definition) is 0. The summed E-state index contributed by atoms with van der Waals surface area (Å²) in [6.45, 7) is 0. The van der Waals surface area contributed by atoms with E-state index in [0.717, 1.165) is 9.03 Å². The largest absolute Gasteiger partial charge is 0.290 e. The quantitative estimate of drug-likeness (QED) is 0.355. The Kier molecular flexibility index (Phi) is 2.19. The van der Waals surface area contributed by atoms with Gasteiger partial charge in [-0.05, 0) is 0 Å². The molecule has 0 aliphatic heterocycles. The first-order valence-electron chi connectivity index (χ1n) is 6.22. The van der Waals surface area contributed by atoms with E-state index in [1.54, 1.807) is 0 Å². The second-order valence-electron chi connectivity index (χ2n) is 4.64. The highest BCUT2D eigenvalue weighted by atomic mass is 16.2. The second kappa shape index (κ2) is 3.95. The molecule has 0 spiro atoms. The van der Waals surface area contributed by atoms with Crippen LogP contribution >= 0.6 is 0 Å². The lowest BCUT2D eigenvalue weighted by Crippen LogP contribution is -2.22. The lowest BCUT2D eigenvalue weighted by molar-refractivity contribution is 0.805. The average Bonchev–Trinajstić information content (AvgIpc) is 3.18. The third-order valence-electron chi connectivity index (χ3n) is 3.32. The van der Waals surface area contributed by atoms with Crippen molar-refractivity contribution >= 4 is 0 Å². The summed E-state index contributed by atoms with van der Waals surface area (Å²) >= 11 is 0. The van der Waals surface area contributed by atoms with Crippen molar-refractivity contribution in [2.45, 2.75) is 0 Å². The first-order chi connectivity index (χ1) is 10.6. The summed E-state index contributed by atoms with van der Waals surface area (Å²) in [6.07, 6.45) is 5.70. The van der Waals surface area contributed by atoms with Crippen LogP contribution in [0.15, 0.2) is 56.1 Å². The molecule has 4 heterocycles. The average molecular weight is 294 g/mol. The summed E-state index contributed by atoms with van der Waals surface area (Å²) in [5.74, 6) is 5.14. The van der Waals surface area contributed by atoms with E-state index < -0.39 is 22.2 Å². The highest BCUT2D eigenvalue weighted by Gasteiger charge is 2.09. The molecule has 0 atom stereocenters. The van der Waals surface area contributed by atoms with Gasteiger partial charge in [0.2, 0.25) is 0 Å². The van der Waals surface area contributed by atoms with Crippen molar-refractivity contribution in [3.05, 3.63) is 89.5 Å². The molecule has 0 saturated carbocycles. The maximum Gasteiger partial charge on any atom is 0.290 e. The molecule has 0 amide bonds. The molecule has 4 aromatic rings. The highest BCUT2D eigenvalue weighted by molar-refractivity contribution is 5.40. The van der Waals surface area contributed by atoms with E-state index in [0.29, 0.717) is 0 Å². The number of aromatic nitrogens is 4. The zero-order valence-electron chi connectivity index (χ0n) is 10.9. The molecule has 0 unspecified atom stereocenters. The molecule has 8 heteroatoms. The maximum absolute atomic E-state index is 12.0. The van der Waals surface area contributed by atoms with Gasteiger partial charge in [0.05, 0.1) is 0 Å². The first-order valence-corrected chi connectivity index (χ1v) is 6.22. The molecule has 0 fully saturated rings. The minimum atomic E-state index is -0.551. The summed E-state index contributed by atoms with van der Waals surface area (Å²) in [4.78, 5) is 46.9. The van der Waals surface area contributed by atoms with Gasteiger partial charge in [0, 0.05) is 36.9 Å².